The van der Waals surface area contributed by atoms with Crippen molar-refractivity contribution in [2.45, 2.75) is 19.6 Å². The minimum atomic E-state index is 0. The molecule has 0 N–H and O–H groups in total. The summed E-state index contributed by atoms with van der Waals surface area (Å²) in [5.74, 6) is 0. The van der Waals surface area contributed by atoms with Gasteiger partial charge in [-0.15, -0.1) is 0 Å². The van der Waals surface area contributed by atoms with Gasteiger partial charge in [0.2, 0.25) is 0 Å². The van der Waals surface area contributed by atoms with Gasteiger partial charge in [0.25, 0.3) is 0 Å². The summed E-state index contributed by atoms with van der Waals surface area (Å²) in [5.41, 5.74) is 0. The molecule has 0 fully saturated rings. The summed E-state index contributed by atoms with van der Waals surface area (Å²) in [6.45, 7) is 6.81. The molecular formula is C3H9ClMgSi. The first-order valence-electron chi connectivity index (χ1n) is 1.50. The maximum absolute atomic E-state index is 2.27. The van der Waals surface area contributed by atoms with Gasteiger partial charge in [-0.1, -0.05) is 0 Å². The molecule has 0 unspecified atom stereocenters. The van der Waals surface area contributed by atoms with Crippen LogP contribution in [0.15, 0.2) is 0 Å². The van der Waals surface area contributed by atoms with Crippen LogP contribution in [0.4, 0.5) is 0 Å². The van der Waals surface area contributed by atoms with E-state index in [2.05, 4.69) is 19.6 Å². The van der Waals surface area contributed by atoms with Gasteiger partial charge >= 0.3 is 23.1 Å². The van der Waals surface area contributed by atoms with Gasteiger partial charge < -0.3 is 12.4 Å². The molecule has 0 aromatic rings. The van der Waals surface area contributed by atoms with Crippen molar-refractivity contribution in [2.75, 3.05) is 0 Å². The molecule has 0 heterocycles. The first-order valence-corrected chi connectivity index (χ1v) is 4.50. The van der Waals surface area contributed by atoms with E-state index in [1.807, 2.05) is 0 Å². The fraction of sp³-hybridized carbons (Fsp3) is 1.00. The van der Waals surface area contributed by atoms with Gasteiger partial charge in [-0.05, 0) is 0 Å². The van der Waals surface area contributed by atoms with E-state index >= 15 is 0 Å². The second-order valence-electron chi connectivity index (χ2n) is 1.50. The van der Waals surface area contributed by atoms with Crippen LogP contribution in [0.2, 0.25) is 19.6 Å². The molecule has 0 radical (unpaired) electrons. The molecule has 3 heteroatoms. The van der Waals surface area contributed by atoms with Gasteiger partial charge in [-0.2, -0.15) is 19.6 Å². The van der Waals surface area contributed by atoms with Gasteiger partial charge in [-0.25, -0.2) is 0 Å². The standard InChI is InChI=1S/C3H9Si.ClH.Mg/c1-4(2)3;;/h1-3H3;1H;/q-1;;+2/p-1. The molecule has 0 bridgehead atoms. The van der Waals surface area contributed by atoms with Crippen molar-refractivity contribution in [1.82, 2.24) is 0 Å². The zero-order chi connectivity index (χ0) is 3.58. The summed E-state index contributed by atoms with van der Waals surface area (Å²) in [4.78, 5) is 0. The van der Waals surface area contributed by atoms with Crippen molar-refractivity contribution >= 4 is 31.8 Å². The normalized spacial score (nSPS) is 6.00. The van der Waals surface area contributed by atoms with E-state index in [4.69, 9.17) is 0 Å². The molecule has 0 spiro atoms. The quantitative estimate of drug-likeness (QED) is 0.335. The molecule has 0 rings (SSSR count). The van der Waals surface area contributed by atoms with Gasteiger partial charge in [0, 0.05) is 0 Å². The van der Waals surface area contributed by atoms with Gasteiger partial charge in [0.1, 0.15) is 0 Å². The monoisotopic (exact) mass is 132 g/mol. The van der Waals surface area contributed by atoms with E-state index in [1.165, 1.54) is 0 Å². The molecule has 0 aliphatic carbocycles. The zero-order valence-corrected chi connectivity index (χ0v) is 7.76. The van der Waals surface area contributed by atoms with Crippen molar-refractivity contribution in [1.29, 1.82) is 0 Å². The van der Waals surface area contributed by atoms with E-state index in [9.17, 15) is 0 Å². The van der Waals surface area contributed by atoms with E-state index in [1.54, 1.807) is 0 Å². The number of halogens is 1. The molecular weight excluding hydrogens is 124 g/mol. The maximum Gasteiger partial charge on any atom is 2.00 e. The fourth-order valence-electron chi connectivity index (χ4n) is 0. The van der Waals surface area contributed by atoms with Crippen molar-refractivity contribution in [3.8, 4) is 0 Å². The maximum atomic E-state index is 2.27. The van der Waals surface area contributed by atoms with Gasteiger partial charge in [0.05, 0.1) is 0 Å². The second kappa shape index (κ2) is 9.55. The molecule has 0 aliphatic heterocycles. The Labute approximate surface area is 63.9 Å². The molecule has 6 heavy (non-hydrogen) atoms. The molecule has 0 aliphatic rings. The van der Waals surface area contributed by atoms with E-state index in [0.717, 1.165) is 0 Å². The molecule has 0 saturated heterocycles. The Kier molecular flexibility index (Phi) is 25.0. The van der Waals surface area contributed by atoms with Crippen LogP contribution in [0.25, 0.3) is 0 Å². The van der Waals surface area contributed by atoms with Gasteiger partial charge in [0.15, 0.2) is 0 Å². The summed E-state index contributed by atoms with van der Waals surface area (Å²) in [5, 5.41) is 0. The number of hydrogen-bond acceptors (Lipinski definition) is 0. The Morgan fingerprint density at radius 2 is 1.00 bits per heavy atom. The number of hydrogen-bond donors (Lipinski definition) is 0. The average molecular weight is 133 g/mol. The van der Waals surface area contributed by atoms with Gasteiger partial charge in [-0.3, -0.25) is 8.80 Å². The fourth-order valence-corrected chi connectivity index (χ4v) is 0. The molecule has 34 valence electrons. The van der Waals surface area contributed by atoms with Crippen LogP contribution in [0.5, 0.6) is 0 Å². The molecule has 0 atom stereocenters. The summed E-state index contributed by atoms with van der Waals surface area (Å²) in [6, 6.07) is 0. The third-order valence-corrected chi connectivity index (χ3v) is 0. The molecule has 0 aromatic carbocycles. The van der Waals surface area contributed by atoms with Crippen molar-refractivity contribution in [3.05, 3.63) is 0 Å². The van der Waals surface area contributed by atoms with Crippen molar-refractivity contribution in [3.63, 3.8) is 0 Å². The molecule has 0 amide bonds. The Morgan fingerprint density at radius 3 is 1.00 bits per heavy atom. The van der Waals surface area contributed by atoms with Crippen LogP contribution in [0, 0.1) is 0 Å². The van der Waals surface area contributed by atoms with Crippen LogP contribution in [0.1, 0.15) is 0 Å². The van der Waals surface area contributed by atoms with E-state index in [-0.39, 0.29) is 44.3 Å². The summed E-state index contributed by atoms with van der Waals surface area (Å²) < 4.78 is 0. The smallest absolute Gasteiger partial charge is 1.00 e. The first-order chi connectivity index (χ1) is 1.73. The van der Waals surface area contributed by atoms with Crippen LogP contribution in [-0.2, 0) is 0 Å². The Morgan fingerprint density at radius 1 is 1.00 bits per heavy atom. The minimum absolute atomic E-state index is 0. The summed E-state index contributed by atoms with van der Waals surface area (Å²) >= 11 is 0. The molecule has 0 nitrogen and oxygen atoms in total. The molecule has 0 aromatic heterocycles. The summed E-state index contributed by atoms with van der Waals surface area (Å²) in [6.07, 6.45) is 0. The predicted molar refractivity (Wildman–Crippen MR) is 29.1 cm³/mol. The Hall–Kier alpha value is 1.27. The van der Waals surface area contributed by atoms with Crippen LogP contribution >= 0.6 is 0 Å². The topological polar surface area (TPSA) is 0 Å². The Balaban J connectivity index is -0.0000000450. The Bertz CT molecular complexity index is 15.5. The minimum Gasteiger partial charge on any atom is -1.00 e. The van der Waals surface area contributed by atoms with E-state index < -0.39 is 0 Å². The van der Waals surface area contributed by atoms with Crippen LogP contribution in [-0.4, -0.2) is 31.8 Å². The molecule has 0 saturated carbocycles. The third kappa shape index (κ3) is 59.4. The zero-order valence-electron chi connectivity index (χ0n) is 4.59. The van der Waals surface area contributed by atoms with Crippen molar-refractivity contribution < 1.29 is 12.4 Å². The first kappa shape index (κ1) is 15.7. The SMILES string of the molecule is C[Si-](C)C.[Cl-].[Mg+2]. The average Bonchev–Trinajstić information content (AvgIpc) is 0.811. The van der Waals surface area contributed by atoms with E-state index in [0.29, 0.717) is 0 Å². The summed E-state index contributed by atoms with van der Waals surface area (Å²) in [7, 11) is 0.120. The largest absolute Gasteiger partial charge is 2.00 e. The second-order valence-corrected chi connectivity index (χ2v) is 4.50. The van der Waals surface area contributed by atoms with Crippen molar-refractivity contribution in [2.24, 2.45) is 0 Å². The predicted octanol–water partition coefficient (Wildman–Crippen LogP) is -2.01. The van der Waals surface area contributed by atoms with Crippen LogP contribution in [0.3, 0.4) is 0 Å². The third-order valence-electron chi connectivity index (χ3n) is 0. The van der Waals surface area contributed by atoms with Crippen LogP contribution < -0.4 is 12.4 Å². The number of rotatable bonds is 0.